The molecular weight excluding hydrogens is 356 g/mol. The van der Waals surface area contributed by atoms with Gasteiger partial charge < -0.3 is 4.74 Å². The summed E-state index contributed by atoms with van der Waals surface area (Å²) >= 11 is 7.65. The van der Waals surface area contributed by atoms with Crippen LogP contribution in [0.4, 0.5) is 5.13 Å². The number of amides is 1. The van der Waals surface area contributed by atoms with Crippen molar-refractivity contribution in [3.8, 4) is 17.0 Å². The Labute approximate surface area is 155 Å². The highest BCUT2D eigenvalue weighted by Crippen LogP contribution is 2.32. The first-order chi connectivity index (χ1) is 12.0. The van der Waals surface area contributed by atoms with E-state index in [-0.39, 0.29) is 5.91 Å². The Kier molecular flexibility index (Phi) is 5.06. The number of thiazole rings is 1. The van der Waals surface area contributed by atoms with Crippen molar-refractivity contribution in [3.05, 3.63) is 63.5 Å². The van der Waals surface area contributed by atoms with Crippen molar-refractivity contribution < 1.29 is 9.53 Å². The molecule has 0 saturated heterocycles. The van der Waals surface area contributed by atoms with Gasteiger partial charge in [-0.1, -0.05) is 23.7 Å². The van der Waals surface area contributed by atoms with Crippen molar-refractivity contribution in [1.82, 2.24) is 4.98 Å². The number of methoxy groups -OCH3 is 1. The molecule has 0 fully saturated rings. The molecule has 4 nitrogen and oxygen atoms in total. The number of benzene rings is 2. The molecule has 128 valence electrons. The van der Waals surface area contributed by atoms with Gasteiger partial charge in [0.15, 0.2) is 5.13 Å². The average molecular weight is 373 g/mol. The average Bonchev–Trinajstić information content (AvgIpc) is 2.97. The number of hydrogen-bond acceptors (Lipinski definition) is 4. The molecular formula is C19H17ClN2O2S. The van der Waals surface area contributed by atoms with Gasteiger partial charge in [0.05, 0.1) is 12.8 Å². The van der Waals surface area contributed by atoms with Crippen molar-refractivity contribution in [3.63, 3.8) is 0 Å². The fourth-order valence-corrected chi connectivity index (χ4v) is 3.38. The highest BCUT2D eigenvalue weighted by atomic mass is 35.5. The van der Waals surface area contributed by atoms with E-state index >= 15 is 0 Å². The lowest BCUT2D eigenvalue weighted by Crippen LogP contribution is -2.11. The molecule has 1 N–H and O–H groups in total. The number of halogens is 1. The highest BCUT2D eigenvalue weighted by molar-refractivity contribution is 7.16. The number of carbonyl (C=O) groups is 1. The van der Waals surface area contributed by atoms with Crippen LogP contribution in [0.1, 0.15) is 20.8 Å². The molecule has 0 atom stereocenters. The maximum absolute atomic E-state index is 12.4. The van der Waals surface area contributed by atoms with E-state index in [1.54, 1.807) is 31.4 Å². The van der Waals surface area contributed by atoms with Gasteiger partial charge in [-0.05, 0) is 49.7 Å². The molecule has 0 aliphatic carbocycles. The van der Waals surface area contributed by atoms with Gasteiger partial charge in [-0.15, -0.1) is 11.3 Å². The number of nitrogens with zero attached hydrogens (tertiary/aromatic N) is 1. The standard InChI is InChI=1S/C19H17ClN2O2S/c1-11-4-5-14(10-16(11)20)17-12(2)25-19(21-17)22-18(23)13-6-8-15(24-3)9-7-13/h4-10H,1-3H3,(H,21,22,23). The normalized spacial score (nSPS) is 10.6. The van der Waals surface area contributed by atoms with E-state index in [4.69, 9.17) is 16.3 Å². The number of aryl methyl sites for hydroxylation is 2. The smallest absolute Gasteiger partial charge is 0.257 e. The van der Waals surface area contributed by atoms with Gasteiger partial charge in [-0.2, -0.15) is 0 Å². The molecule has 0 spiro atoms. The molecule has 2 aromatic carbocycles. The molecule has 0 bridgehead atoms. The van der Waals surface area contributed by atoms with Crippen LogP contribution in [0.3, 0.4) is 0 Å². The Hall–Kier alpha value is -2.37. The van der Waals surface area contributed by atoms with Crippen molar-refractivity contribution in [2.45, 2.75) is 13.8 Å². The molecule has 1 heterocycles. The van der Waals surface area contributed by atoms with E-state index in [0.717, 1.165) is 21.7 Å². The molecule has 6 heteroatoms. The fraction of sp³-hybridized carbons (Fsp3) is 0.158. The summed E-state index contributed by atoms with van der Waals surface area (Å²) in [6.45, 7) is 3.93. The van der Waals surface area contributed by atoms with Gasteiger partial charge in [0, 0.05) is 21.0 Å². The van der Waals surface area contributed by atoms with Crippen LogP contribution in [0.15, 0.2) is 42.5 Å². The quantitative estimate of drug-likeness (QED) is 0.672. The topological polar surface area (TPSA) is 51.2 Å². The zero-order chi connectivity index (χ0) is 18.0. The zero-order valence-corrected chi connectivity index (χ0v) is 15.7. The lowest BCUT2D eigenvalue weighted by Gasteiger charge is -2.04. The number of ether oxygens (including phenoxy) is 1. The number of carbonyl (C=O) groups excluding carboxylic acids is 1. The molecule has 3 rings (SSSR count). The van der Waals surface area contributed by atoms with Crippen LogP contribution in [-0.2, 0) is 0 Å². The Morgan fingerprint density at radius 1 is 1.16 bits per heavy atom. The van der Waals surface area contributed by atoms with E-state index in [1.165, 1.54) is 11.3 Å². The second kappa shape index (κ2) is 7.25. The van der Waals surface area contributed by atoms with E-state index in [1.807, 2.05) is 32.0 Å². The monoisotopic (exact) mass is 372 g/mol. The van der Waals surface area contributed by atoms with Crippen molar-refractivity contribution in [2.75, 3.05) is 12.4 Å². The minimum Gasteiger partial charge on any atom is -0.497 e. The van der Waals surface area contributed by atoms with Crippen LogP contribution >= 0.6 is 22.9 Å². The largest absolute Gasteiger partial charge is 0.497 e. The number of anilines is 1. The maximum atomic E-state index is 12.4. The first-order valence-corrected chi connectivity index (χ1v) is 8.86. The third-order valence-corrected chi connectivity index (χ3v) is 5.11. The van der Waals surface area contributed by atoms with Crippen molar-refractivity contribution in [2.24, 2.45) is 0 Å². The molecule has 3 aromatic rings. The van der Waals surface area contributed by atoms with Crippen LogP contribution in [-0.4, -0.2) is 18.0 Å². The van der Waals surface area contributed by atoms with Crippen molar-refractivity contribution >= 4 is 34.0 Å². The van der Waals surface area contributed by atoms with Crippen LogP contribution < -0.4 is 10.1 Å². The molecule has 0 unspecified atom stereocenters. The van der Waals surface area contributed by atoms with Gasteiger partial charge in [-0.25, -0.2) is 4.98 Å². The summed E-state index contributed by atoms with van der Waals surface area (Å²) in [7, 11) is 1.59. The summed E-state index contributed by atoms with van der Waals surface area (Å²) in [5.41, 5.74) is 3.34. The Morgan fingerprint density at radius 2 is 1.88 bits per heavy atom. The van der Waals surface area contributed by atoms with Gasteiger partial charge in [0.2, 0.25) is 0 Å². The predicted octanol–water partition coefficient (Wildman–Crippen LogP) is 5.34. The lowest BCUT2D eigenvalue weighted by atomic mass is 10.1. The lowest BCUT2D eigenvalue weighted by molar-refractivity contribution is 0.102. The second-order valence-electron chi connectivity index (χ2n) is 5.57. The molecule has 0 saturated carbocycles. The minimum atomic E-state index is -0.204. The first kappa shape index (κ1) is 17.5. The van der Waals surface area contributed by atoms with E-state index in [0.29, 0.717) is 21.5 Å². The van der Waals surface area contributed by atoms with Gasteiger partial charge in [0.1, 0.15) is 5.75 Å². The summed E-state index contributed by atoms with van der Waals surface area (Å²) in [6.07, 6.45) is 0. The molecule has 1 amide bonds. The Morgan fingerprint density at radius 3 is 2.52 bits per heavy atom. The summed E-state index contributed by atoms with van der Waals surface area (Å²) in [5.74, 6) is 0.505. The van der Waals surface area contributed by atoms with Gasteiger partial charge in [0.25, 0.3) is 5.91 Å². The number of hydrogen-bond donors (Lipinski definition) is 1. The van der Waals surface area contributed by atoms with Gasteiger partial charge in [-0.3, -0.25) is 10.1 Å². The summed E-state index contributed by atoms with van der Waals surface area (Å²) in [5, 5.41) is 4.11. The second-order valence-corrected chi connectivity index (χ2v) is 7.18. The molecule has 1 aromatic heterocycles. The first-order valence-electron chi connectivity index (χ1n) is 7.67. The number of rotatable bonds is 4. The van der Waals surface area contributed by atoms with E-state index in [2.05, 4.69) is 10.3 Å². The Balaban J connectivity index is 1.81. The molecule has 25 heavy (non-hydrogen) atoms. The predicted molar refractivity (Wildman–Crippen MR) is 103 cm³/mol. The van der Waals surface area contributed by atoms with Crippen LogP contribution in [0.25, 0.3) is 11.3 Å². The fourth-order valence-electron chi connectivity index (χ4n) is 2.37. The third kappa shape index (κ3) is 3.83. The zero-order valence-electron chi connectivity index (χ0n) is 14.1. The molecule has 0 aliphatic rings. The Bertz CT molecular complexity index is 920. The number of nitrogens with one attached hydrogen (secondary N) is 1. The summed E-state index contributed by atoms with van der Waals surface area (Å²) in [6, 6.07) is 12.8. The van der Waals surface area contributed by atoms with E-state index < -0.39 is 0 Å². The van der Waals surface area contributed by atoms with E-state index in [9.17, 15) is 4.79 Å². The summed E-state index contributed by atoms with van der Waals surface area (Å²) in [4.78, 5) is 17.9. The van der Waals surface area contributed by atoms with Crippen LogP contribution in [0, 0.1) is 13.8 Å². The maximum Gasteiger partial charge on any atom is 0.257 e. The van der Waals surface area contributed by atoms with Gasteiger partial charge >= 0.3 is 0 Å². The molecule has 0 radical (unpaired) electrons. The van der Waals surface area contributed by atoms with Crippen LogP contribution in [0.2, 0.25) is 5.02 Å². The SMILES string of the molecule is COc1ccc(C(=O)Nc2nc(-c3ccc(C)c(Cl)c3)c(C)s2)cc1. The van der Waals surface area contributed by atoms with Crippen molar-refractivity contribution in [1.29, 1.82) is 0 Å². The molecule has 0 aliphatic heterocycles. The third-order valence-electron chi connectivity index (χ3n) is 3.81. The van der Waals surface area contributed by atoms with Crippen LogP contribution in [0.5, 0.6) is 5.75 Å². The number of aromatic nitrogens is 1. The summed E-state index contributed by atoms with van der Waals surface area (Å²) < 4.78 is 5.10. The minimum absolute atomic E-state index is 0.204. The highest BCUT2D eigenvalue weighted by Gasteiger charge is 2.14.